The van der Waals surface area contributed by atoms with E-state index in [1.54, 1.807) is 0 Å². The lowest BCUT2D eigenvalue weighted by Crippen LogP contribution is -2.07. The van der Waals surface area contributed by atoms with Crippen molar-refractivity contribution in [2.75, 3.05) is 24.4 Å². The van der Waals surface area contributed by atoms with Gasteiger partial charge in [-0.1, -0.05) is 66.7 Å². The van der Waals surface area contributed by atoms with Crippen molar-refractivity contribution < 1.29 is 0 Å². The maximum atomic E-state index is 4.60. The van der Waals surface area contributed by atoms with E-state index in [0.717, 1.165) is 22.5 Å². The van der Waals surface area contributed by atoms with Crippen LogP contribution in [0.5, 0.6) is 0 Å². The normalized spacial score (nSPS) is 11.5. The summed E-state index contributed by atoms with van der Waals surface area (Å²) in [6.07, 6.45) is 4.12. The monoisotopic (exact) mass is 341 g/mol. The lowest BCUT2D eigenvalue weighted by Gasteiger charge is -2.11. The van der Waals surface area contributed by atoms with Crippen LogP contribution in [-0.2, 0) is 0 Å². The molecule has 0 fully saturated rings. The molecule has 0 aliphatic rings. The van der Waals surface area contributed by atoms with Crippen molar-refractivity contribution in [2.24, 2.45) is 5.10 Å². The predicted molar refractivity (Wildman–Crippen MR) is 113 cm³/mol. The Bertz CT molecular complexity index is 864. The molecule has 26 heavy (non-hydrogen) atoms. The van der Waals surface area contributed by atoms with Crippen LogP contribution >= 0.6 is 0 Å². The highest BCUT2D eigenvalue weighted by atomic mass is 15.3. The minimum absolute atomic E-state index is 0.881. The van der Waals surface area contributed by atoms with Gasteiger partial charge < -0.3 is 4.90 Å². The second-order valence-electron chi connectivity index (χ2n) is 6.16. The Morgan fingerprint density at radius 1 is 0.808 bits per heavy atom. The van der Waals surface area contributed by atoms with Crippen LogP contribution in [0.2, 0.25) is 0 Å². The highest BCUT2D eigenvalue weighted by molar-refractivity contribution is 6.11. The van der Waals surface area contributed by atoms with E-state index in [1.807, 2.05) is 68.7 Å². The van der Waals surface area contributed by atoms with E-state index in [-0.39, 0.29) is 0 Å². The van der Waals surface area contributed by atoms with Gasteiger partial charge in [0.05, 0.1) is 11.4 Å². The molecule has 3 heteroatoms. The number of nitrogens with zero attached hydrogens (tertiary/aromatic N) is 2. The van der Waals surface area contributed by atoms with Crippen LogP contribution in [0.3, 0.4) is 0 Å². The maximum Gasteiger partial charge on any atom is 0.0905 e. The van der Waals surface area contributed by atoms with E-state index < -0.39 is 0 Å². The molecule has 0 aliphatic carbocycles. The first-order valence-electron chi connectivity index (χ1n) is 8.62. The number of benzene rings is 3. The Balaban J connectivity index is 1.83. The molecular weight excluding hydrogens is 318 g/mol. The Morgan fingerprint density at radius 3 is 2.04 bits per heavy atom. The summed E-state index contributed by atoms with van der Waals surface area (Å²) in [5.41, 5.74) is 8.37. The summed E-state index contributed by atoms with van der Waals surface area (Å²) >= 11 is 0. The molecule has 0 atom stereocenters. The zero-order valence-corrected chi connectivity index (χ0v) is 15.1. The maximum absolute atomic E-state index is 4.60. The zero-order valence-electron chi connectivity index (χ0n) is 15.1. The minimum Gasteiger partial charge on any atom is -0.378 e. The number of hydrazone groups is 1. The molecule has 0 aromatic heterocycles. The Labute approximate surface area is 155 Å². The van der Waals surface area contributed by atoms with Crippen LogP contribution in [-0.4, -0.2) is 19.8 Å². The van der Waals surface area contributed by atoms with Gasteiger partial charge in [-0.25, -0.2) is 0 Å². The summed E-state index contributed by atoms with van der Waals surface area (Å²) in [5.74, 6) is 0. The van der Waals surface area contributed by atoms with Crippen molar-refractivity contribution in [3.8, 4) is 0 Å². The first-order valence-corrected chi connectivity index (χ1v) is 8.62. The summed E-state index contributed by atoms with van der Waals surface area (Å²) in [4.78, 5) is 2.09. The molecule has 0 saturated carbocycles. The molecule has 130 valence electrons. The molecule has 1 N–H and O–H groups in total. The van der Waals surface area contributed by atoms with Gasteiger partial charge in [0.25, 0.3) is 0 Å². The van der Waals surface area contributed by atoms with E-state index in [4.69, 9.17) is 0 Å². The molecule has 0 unspecified atom stereocenters. The van der Waals surface area contributed by atoms with Crippen LogP contribution in [0.25, 0.3) is 6.08 Å². The van der Waals surface area contributed by atoms with Crippen LogP contribution < -0.4 is 10.3 Å². The van der Waals surface area contributed by atoms with E-state index in [9.17, 15) is 0 Å². The molecule has 0 heterocycles. The molecule has 3 aromatic rings. The van der Waals surface area contributed by atoms with Crippen LogP contribution in [0.1, 0.15) is 11.1 Å². The fraction of sp³-hybridized carbons (Fsp3) is 0.0870. The number of anilines is 2. The van der Waals surface area contributed by atoms with Crippen molar-refractivity contribution >= 4 is 23.2 Å². The van der Waals surface area contributed by atoms with E-state index in [0.29, 0.717) is 0 Å². The summed E-state index contributed by atoms with van der Waals surface area (Å²) in [7, 11) is 4.08. The largest absolute Gasteiger partial charge is 0.378 e. The van der Waals surface area contributed by atoms with Gasteiger partial charge in [0.15, 0.2) is 0 Å². The second kappa shape index (κ2) is 8.67. The first kappa shape index (κ1) is 17.5. The summed E-state index contributed by atoms with van der Waals surface area (Å²) < 4.78 is 0. The third kappa shape index (κ3) is 4.84. The smallest absolute Gasteiger partial charge is 0.0905 e. The van der Waals surface area contributed by atoms with Crippen molar-refractivity contribution in [1.29, 1.82) is 0 Å². The van der Waals surface area contributed by atoms with Gasteiger partial charge in [-0.15, -0.1) is 0 Å². The first-order chi connectivity index (χ1) is 12.7. The van der Waals surface area contributed by atoms with Gasteiger partial charge in [0.1, 0.15) is 0 Å². The van der Waals surface area contributed by atoms with Crippen LogP contribution in [0, 0.1) is 0 Å². The Hall–Kier alpha value is -3.33. The number of hydrogen-bond acceptors (Lipinski definition) is 3. The average Bonchev–Trinajstić information content (AvgIpc) is 2.70. The van der Waals surface area contributed by atoms with E-state index in [1.165, 1.54) is 5.69 Å². The lowest BCUT2D eigenvalue weighted by atomic mass is 10.1. The standard InChI is InChI=1S/C23H23N3/c1-26(2)22-16-13-19(14-17-22)15-18-23(20-9-5-3-6-10-20)25-24-21-11-7-4-8-12-21/h3-18,24H,1-2H3/b18-15-,25-23-. The number of hydrogen-bond donors (Lipinski definition) is 1. The molecule has 0 bridgehead atoms. The molecule has 0 radical (unpaired) electrons. The van der Waals surface area contributed by atoms with Gasteiger partial charge in [-0.3, -0.25) is 5.43 Å². The number of rotatable bonds is 6. The molecule has 3 aromatic carbocycles. The fourth-order valence-electron chi connectivity index (χ4n) is 2.50. The highest BCUT2D eigenvalue weighted by Gasteiger charge is 2.00. The minimum atomic E-state index is 0.881. The van der Waals surface area contributed by atoms with Crippen molar-refractivity contribution in [3.63, 3.8) is 0 Å². The van der Waals surface area contributed by atoms with Crippen molar-refractivity contribution in [2.45, 2.75) is 0 Å². The molecule has 0 spiro atoms. The average molecular weight is 341 g/mol. The molecule has 3 rings (SSSR count). The van der Waals surface area contributed by atoms with Gasteiger partial charge in [-0.05, 0) is 35.9 Å². The number of allylic oxidation sites excluding steroid dienone is 1. The van der Waals surface area contributed by atoms with E-state index in [2.05, 4.69) is 57.9 Å². The molecule has 0 aliphatic heterocycles. The van der Waals surface area contributed by atoms with Crippen LogP contribution in [0.15, 0.2) is 96.1 Å². The van der Waals surface area contributed by atoms with Gasteiger partial charge in [-0.2, -0.15) is 5.10 Å². The van der Waals surface area contributed by atoms with Crippen molar-refractivity contribution in [3.05, 3.63) is 102 Å². The number of para-hydroxylation sites is 1. The predicted octanol–water partition coefficient (Wildman–Crippen LogP) is 5.28. The fourth-order valence-corrected chi connectivity index (χ4v) is 2.50. The zero-order chi connectivity index (χ0) is 18.2. The molecule has 0 amide bonds. The SMILES string of the molecule is CN(C)c1ccc(/C=C\C(=N\Nc2ccccc2)c2ccccc2)cc1. The second-order valence-corrected chi connectivity index (χ2v) is 6.16. The third-order valence-electron chi connectivity index (χ3n) is 3.99. The van der Waals surface area contributed by atoms with Gasteiger partial charge >= 0.3 is 0 Å². The van der Waals surface area contributed by atoms with Gasteiger partial charge in [0, 0.05) is 25.3 Å². The summed E-state index contributed by atoms with van der Waals surface area (Å²) in [5, 5.41) is 4.60. The quantitative estimate of drug-likeness (QED) is 0.488. The summed E-state index contributed by atoms with van der Waals surface area (Å²) in [6.45, 7) is 0. The molecular formula is C23H23N3. The van der Waals surface area contributed by atoms with Crippen molar-refractivity contribution in [1.82, 2.24) is 0 Å². The van der Waals surface area contributed by atoms with Gasteiger partial charge in [0.2, 0.25) is 0 Å². The van der Waals surface area contributed by atoms with E-state index >= 15 is 0 Å². The Kier molecular flexibility index (Phi) is 5.84. The topological polar surface area (TPSA) is 27.6 Å². The van der Waals surface area contributed by atoms with Crippen LogP contribution in [0.4, 0.5) is 11.4 Å². The Morgan fingerprint density at radius 2 is 1.42 bits per heavy atom. The third-order valence-corrected chi connectivity index (χ3v) is 3.99. The summed E-state index contributed by atoms with van der Waals surface area (Å²) in [6, 6.07) is 28.6. The highest BCUT2D eigenvalue weighted by Crippen LogP contribution is 2.14. The number of nitrogens with one attached hydrogen (secondary N) is 1. The lowest BCUT2D eigenvalue weighted by molar-refractivity contribution is 1.13. The molecule has 0 saturated heterocycles. The molecule has 3 nitrogen and oxygen atoms in total.